The fraction of sp³-hybridized carbons (Fsp3) is 0.333. The summed E-state index contributed by atoms with van der Waals surface area (Å²) in [5, 5.41) is 11.1. The second-order valence-corrected chi connectivity index (χ2v) is 5.42. The van der Waals surface area contributed by atoms with Crippen LogP contribution in [0.4, 0.5) is 0 Å². The molecule has 2 rings (SSSR count). The molecule has 2 aromatic rings. The average Bonchev–Trinajstić information content (AvgIpc) is 2.85. The number of nitrogens with one attached hydrogen (secondary N) is 1. The molecule has 0 atom stereocenters. The molecule has 4 nitrogen and oxygen atoms in total. The van der Waals surface area contributed by atoms with Crippen LogP contribution in [0.2, 0.25) is 0 Å². The number of H-pyrrole nitrogens is 1. The summed E-state index contributed by atoms with van der Waals surface area (Å²) >= 11 is 1.62. The van der Waals surface area contributed by atoms with Crippen LogP contribution in [0.25, 0.3) is 10.6 Å². The zero-order valence-corrected chi connectivity index (χ0v) is 10.8. The van der Waals surface area contributed by atoms with E-state index in [0.717, 1.165) is 10.6 Å². The maximum absolute atomic E-state index is 11.1. The van der Waals surface area contributed by atoms with Crippen LogP contribution in [-0.2, 0) is 10.2 Å². The monoisotopic (exact) mass is 250 g/mol. The van der Waals surface area contributed by atoms with Crippen LogP contribution < -0.4 is 0 Å². The van der Waals surface area contributed by atoms with Crippen LogP contribution in [0.5, 0.6) is 0 Å². The van der Waals surface area contributed by atoms with Gasteiger partial charge in [-0.25, -0.2) is 4.98 Å². The largest absolute Gasteiger partial charge is 0.481 e. The molecule has 17 heavy (non-hydrogen) atoms. The first-order valence-electron chi connectivity index (χ1n) is 5.26. The number of aryl methyl sites for hydroxylation is 1. The molecule has 0 saturated carbocycles. The van der Waals surface area contributed by atoms with Gasteiger partial charge >= 0.3 is 5.97 Å². The topological polar surface area (TPSA) is 66.0 Å². The van der Waals surface area contributed by atoms with Gasteiger partial charge < -0.3 is 10.1 Å². The molecule has 90 valence electrons. The first-order chi connectivity index (χ1) is 7.93. The molecule has 0 bridgehead atoms. The van der Waals surface area contributed by atoms with Crippen LogP contribution in [0.3, 0.4) is 0 Å². The minimum atomic E-state index is -0.997. The molecule has 2 aromatic heterocycles. The second kappa shape index (κ2) is 4.00. The molecule has 5 heteroatoms. The SMILES string of the molecule is Cc1ccsc1-c1cnc(C(C)(C)C(=O)O)[nH]1. The van der Waals surface area contributed by atoms with Gasteiger partial charge in [-0.3, -0.25) is 4.79 Å². The number of carbonyl (C=O) groups is 1. The van der Waals surface area contributed by atoms with E-state index in [0.29, 0.717) is 5.82 Å². The lowest BCUT2D eigenvalue weighted by Crippen LogP contribution is -2.29. The Hall–Kier alpha value is -1.62. The average molecular weight is 250 g/mol. The van der Waals surface area contributed by atoms with Gasteiger partial charge in [-0.15, -0.1) is 11.3 Å². The second-order valence-electron chi connectivity index (χ2n) is 4.51. The van der Waals surface area contributed by atoms with Gasteiger partial charge in [0.1, 0.15) is 11.2 Å². The fourth-order valence-corrected chi connectivity index (χ4v) is 2.40. The quantitative estimate of drug-likeness (QED) is 0.880. The zero-order valence-electron chi connectivity index (χ0n) is 9.94. The maximum atomic E-state index is 11.1. The smallest absolute Gasteiger partial charge is 0.316 e. The van der Waals surface area contributed by atoms with Gasteiger partial charge in [0, 0.05) is 0 Å². The van der Waals surface area contributed by atoms with Crippen molar-refractivity contribution in [3.05, 3.63) is 29.0 Å². The Balaban J connectivity index is 2.41. The van der Waals surface area contributed by atoms with E-state index in [1.54, 1.807) is 31.4 Å². The van der Waals surface area contributed by atoms with E-state index in [2.05, 4.69) is 9.97 Å². The standard InChI is InChI=1S/C12H14N2O2S/c1-7-4-5-17-9(7)8-6-13-10(14-8)12(2,3)11(15)16/h4-6H,1-3H3,(H,13,14)(H,15,16). The van der Waals surface area contributed by atoms with E-state index in [-0.39, 0.29) is 0 Å². The van der Waals surface area contributed by atoms with E-state index in [4.69, 9.17) is 5.11 Å². The predicted octanol–water partition coefficient (Wildman–Crippen LogP) is 2.81. The molecule has 0 radical (unpaired) electrons. The Morgan fingerprint density at radius 1 is 1.53 bits per heavy atom. The van der Waals surface area contributed by atoms with Gasteiger partial charge in [0.25, 0.3) is 0 Å². The molecule has 0 aliphatic rings. The molecule has 0 amide bonds. The van der Waals surface area contributed by atoms with E-state index in [9.17, 15) is 4.79 Å². The molecule has 2 heterocycles. The normalized spacial score (nSPS) is 11.7. The van der Waals surface area contributed by atoms with Crippen molar-refractivity contribution in [3.63, 3.8) is 0 Å². The van der Waals surface area contributed by atoms with Gasteiger partial charge in [0.15, 0.2) is 0 Å². The van der Waals surface area contributed by atoms with Gasteiger partial charge in [-0.05, 0) is 37.8 Å². The van der Waals surface area contributed by atoms with E-state index in [1.807, 2.05) is 18.4 Å². The molecule has 0 aliphatic carbocycles. The molecule has 0 fully saturated rings. The molecule has 0 aromatic carbocycles. The van der Waals surface area contributed by atoms with Gasteiger partial charge in [0.05, 0.1) is 16.8 Å². The number of aromatic amines is 1. The summed E-state index contributed by atoms with van der Waals surface area (Å²) in [5.41, 5.74) is 1.05. The number of thiophene rings is 1. The van der Waals surface area contributed by atoms with Gasteiger partial charge in [-0.1, -0.05) is 0 Å². The lowest BCUT2D eigenvalue weighted by molar-refractivity contribution is -0.142. The lowest BCUT2D eigenvalue weighted by atomic mass is 9.93. The van der Waals surface area contributed by atoms with Crippen molar-refractivity contribution in [3.8, 4) is 10.6 Å². The van der Waals surface area contributed by atoms with Crippen molar-refractivity contribution in [2.75, 3.05) is 0 Å². The van der Waals surface area contributed by atoms with Crippen molar-refractivity contribution < 1.29 is 9.90 Å². The number of carboxylic acids is 1. The van der Waals surface area contributed by atoms with Crippen LogP contribution >= 0.6 is 11.3 Å². The summed E-state index contributed by atoms with van der Waals surface area (Å²) in [6.45, 7) is 5.30. The maximum Gasteiger partial charge on any atom is 0.316 e. The highest BCUT2D eigenvalue weighted by molar-refractivity contribution is 7.13. The van der Waals surface area contributed by atoms with Crippen molar-refractivity contribution in [2.45, 2.75) is 26.2 Å². The highest BCUT2D eigenvalue weighted by Gasteiger charge is 2.32. The van der Waals surface area contributed by atoms with E-state index in [1.165, 1.54) is 5.56 Å². The summed E-state index contributed by atoms with van der Waals surface area (Å²) in [6.07, 6.45) is 1.69. The Morgan fingerprint density at radius 2 is 2.24 bits per heavy atom. The summed E-state index contributed by atoms with van der Waals surface area (Å²) in [4.78, 5) is 19.5. The Kier molecular flexibility index (Phi) is 2.79. The third kappa shape index (κ3) is 1.98. The highest BCUT2D eigenvalue weighted by atomic mass is 32.1. The zero-order chi connectivity index (χ0) is 12.6. The Labute approximate surface area is 103 Å². The van der Waals surface area contributed by atoms with Gasteiger partial charge in [0.2, 0.25) is 0 Å². The number of imidazole rings is 1. The van der Waals surface area contributed by atoms with Gasteiger partial charge in [-0.2, -0.15) is 0 Å². The number of aliphatic carboxylic acids is 1. The molecule has 0 aliphatic heterocycles. The summed E-state index contributed by atoms with van der Waals surface area (Å²) in [5.74, 6) is -0.408. The minimum Gasteiger partial charge on any atom is -0.481 e. The van der Waals surface area contributed by atoms with Crippen molar-refractivity contribution in [2.24, 2.45) is 0 Å². The van der Waals surface area contributed by atoms with E-state index < -0.39 is 11.4 Å². The first-order valence-corrected chi connectivity index (χ1v) is 6.14. The van der Waals surface area contributed by atoms with Crippen LogP contribution in [-0.4, -0.2) is 21.0 Å². The number of carboxylic acid groups (broad SMARTS) is 1. The molecular formula is C12H14N2O2S. The fourth-order valence-electron chi connectivity index (χ4n) is 1.50. The minimum absolute atomic E-state index is 0.479. The Morgan fingerprint density at radius 3 is 2.76 bits per heavy atom. The molecule has 0 spiro atoms. The number of rotatable bonds is 3. The summed E-state index contributed by atoms with van der Waals surface area (Å²) in [6, 6.07) is 2.03. The third-order valence-corrected chi connectivity index (χ3v) is 3.86. The van der Waals surface area contributed by atoms with Crippen LogP contribution in [0.15, 0.2) is 17.6 Å². The molecule has 2 N–H and O–H groups in total. The van der Waals surface area contributed by atoms with Crippen molar-refractivity contribution in [1.82, 2.24) is 9.97 Å². The number of aromatic nitrogens is 2. The predicted molar refractivity (Wildman–Crippen MR) is 67.3 cm³/mol. The van der Waals surface area contributed by atoms with Crippen molar-refractivity contribution >= 4 is 17.3 Å². The number of hydrogen-bond donors (Lipinski definition) is 2. The molecule has 0 saturated heterocycles. The molecule has 0 unspecified atom stereocenters. The third-order valence-electron chi connectivity index (χ3n) is 2.81. The summed E-state index contributed by atoms with van der Waals surface area (Å²) < 4.78 is 0. The Bertz CT molecular complexity index is 554. The van der Waals surface area contributed by atoms with Crippen LogP contribution in [0.1, 0.15) is 25.2 Å². The summed E-state index contributed by atoms with van der Waals surface area (Å²) in [7, 11) is 0. The first kappa shape index (κ1) is 11.9. The number of hydrogen-bond acceptors (Lipinski definition) is 3. The highest BCUT2D eigenvalue weighted by Crippen LogP contribution is 2.29. The van der Waals surface area contributed by atoms with E-state index >= 15 is 0 Å². The molecular weight excluding hydrogens is 236 g/mol. The van der Waals surface area contributed by atoms with Crippen LogP contribution in [0, 0.1) is 6.92 Å². The lowest BCUT2D eigenvalue weighted by Gasteiger charge is -2.15. The number of nitrogens with zero attached hydrogens (tertiary/aromatic N) is 1. The van der Waals surface area contributed by atoms with Crippen molar-refractivity contribution in [1.29, 1.82) is 0 Å².